The number of sulfone groups is 1. The number of hydrogen-bond donors (Lipinski definition) is 1. The molecule has 0 spiro atoms. The van der Waals surface area contributed by atoms with Crippen LogP contribution in [0.25, 0.3) is 0 Å². The Morgan fingerprint density at radius 1 is 0.969 bits per heavy atom. The van der Waals surface area contributed by atoms with Gasteiger partial charge in [0.05, 0.1) is 4.90 Å². The summed E-state index contributed by atoms with van der Waals surface area (Å²) >= 11 is 0. The summed E-state index contributed by atoms with van der Waals surface area (Å²) < 4.78 is 120. The van der Waals surface area contributed by atoms with Gasteiger partial charge >= 0.3 is 18.0 Å². The Morgan fingerprint density at radius 3 is 2.19 bits per heavy atom. The fraction of sp³-hybridized carbons (Fsp3) is 0.450. The number of pyridine rings is 1. The van der Waals surface area contributed by atoms with Crippen molar-refractivity contribution in [2.75, 3.05) is 6.54 Å². The van der Waals surface area contributed by atoms with E-state index in [-0.39, 0.29) is 41.8 Å². The molecular formula is C20H17F7N2O2S. The van der Waals surface area contributed by atoms with E-state index < -0.39 is 44.2 Å². The topological polar surface area (TPSA) is 59.1 Å². The number of halogens is 7. The third kappa shape index (κ3) is 2.98. The molecule has 2 aromatic rings. The number of nitrogens with one attached hydrogen (secondary N) is 1. The SMILES string of the molecule is O=S(=O)(c1ccncc1)C12CCNC1CCc1cc(C(F)(C(F)(F)F)C(F)(F)F)ccc12. The van der Waals surface area contributed by atoms with Crippen molar-refractivity contribution in [3.05, 3.63) is 59.4 Å². The van der Waals surface area contributed by atoms with Crippen LogP contribution >= 0.6 is 0 Å². The van der Waals surface area contributed by atoms with Gasteiger partial charge in [-0.05, 0) is 49.1 Å². The lowest BCUT2D eigenvalue weighted by atomic mass is 9.77. The highest BCUT2D eigenvalue weighted by Gasteiger charge is 2.73. The molecule has 1 saturated heterocycles. The fourth-order valence-electron chi connectivity index (χ4n) is 4.84. The number of rotatable bonds is 3. The highest BCUT2D eigenvalue weighted by molar-refractivity contribution is 7.92. The van der Waals surface area contributed by atoms with Crippen LogP contribution in [0.1, 0.15) is 29.5 Å². The van der Waals surface area contributed by atoms with Gasteiger partial charge in [0.2, 0.25) is 0 Å². The minimum Gasteiger partial charge on any atom is -0.312 e. The lowest BCUT2D eigenvalue weighted by Gasteiger charge is -2.41. The lowest BCUT2D eigenvalue weighted by Crippen LogP contribution is -2.51. The van der Waals surface area contributed by atoms with E-state index in [9.17, 15) is 39.2 Å². The lowest BCUT2D eigenvalue weighted by molar-refractivity contribution is -0.348. The van der Waals surface area contributed by atoms with Gasteiger partial charge in [-0.2, -0.15) is 26.3 Å². The van der Waals surface area contributed by atoms with Gasteiger partial charge in [-0.15, -0.1) is 0 Å². The molecule has 32 heavy (non-hydrogen) atoms. The molecule has 4 rings (SSSR count). The fourth-order valence-corrected chi connectivity index (χ4v) is 7.17. The average molecular weight is 482 g/mol. The Hall–Kier alpha value is -2.21. The second kappa shape index (κ2) is 7.14. The molecule has 2 atom stereocenters. The first-order chi connectivity index (χ1) is 14.8. The largest absolute Gasteiger partial charge is 0.435 e. The van der Waals surface area contributed by atoms with Crippen molar-refractivity contribution < 1.29 is 39.2 Å². The molecule has 2 aliphatic rings. The van der Waals surface area contributed by atoms with Crippen molar-refractivity contribution in [1.29, 1.82) is 0 Å². The molecule has 1 aromatic heterocycles. The van der Waals surface area contributed by atoms with Gasteiger partial charge < -0.3 is 5.32 Å². The number of aromatic nitrogens is 1. The standard InChI is InChI=1S/C20H17F7N2O2S/c21-18(19(22,23)24,20(25,26)27)13-2-3-15-12(11-13)1-4-16-17(15,7-10-29-16)32(30,31)14-5-8-28-9-6-14/h2-3,5-6,8-9,11,16,29H,1,4,7,10H2. The number of nitrogens with zero attached hydrogens (tertiary/aromatic N) is 1. The zero-order valence-electron chi connectivity index (χ0n) is 16.3. The van der Waals surface area contributed by atoms with Crippen LogP contribution in [-0.4, -0.2) is 38.3 Å². The van der Waals surface area contributed by atoms with Crippen LogP contribution < -0.4 is 5.32 Å². The summed E-state index contributed by atoms with van der Waals surface area (Å²) in [5, 5.41) is 3.08. The first-order valence-corrected chi connectivity index (χ1v) is 11.1. The second-order valence-corrected chi connectivity index (χ2v) is 10.1. The molecule has 4 nitrogen and oxygen atoms in total. The van der Waals surface area contributed by atoms with Crippen molar-refractivity contribution in [3.8, 4) is 0 Å². The molecule has 2 unspecified atom stereocenters. The van der Waals surface area contributed by atoms with E-state index in [2.05, 4.69) is 10.3 Å². The summed E-state index contributed by atoms with van der Waals surface area (Å²) in [6.45, 7) is 0.286. The van der Waals surface area contributed by atoms with Crippen LogP contribution in [0.15, 0.2) is 47.6 Å². The third-order valence-electron chi connectivity index (χ3n) is 6.33. The summed E-state index contributed by atoms with van der Waals surface area (Å²) in [6, 6.07) is 3.76. The van der Waals surface area contributed by atoms with E-state index in [1.54, 1.807) is 0 Å². The van der Waals surface area contributed by atoms with E-state index in [0.29, 0.717) is 12.1 Å². The predicted octanol–water partition coefficient (Wildman–Crippen LogP) is 4.35. The molecule has 1 aliphatic heterocycles. The highest BCUT2D eigenvalue weighted by Crippen LogP contribution is 2.55. The summed E-state index contributed by atoms with van der Waals surface area (Å²) in [7, 11) is -4.12. The van der Waals surface area contributed by atoms with Crippen molar-refractivity contribution >= 4 is 9.84 Å². The normalized spacial score (nSPS) is 24.2. The number of benzene rings is 1. The molecule has 1 fully saturated rings. The van der Waals surface area contributed by atoms with Crippen LogP contribution in [-0.2, 0) is 26.7 Å². The van der Waals surface area contributed by atoms with Crippen molar-refractivity contribution in [2.45, 2.75) is 53.0 Å². The Morgan fingerprint density at radius 2 is 1.59 bits per heavy atom. The summed E-state index contributed by atoms with van der Waals surface area (Å²) in [5.74, 6) is 0. The van der Waals surface area contributed by atoms with Gasteiger partial charge in [0.25, 0.3) is 0 Å². The Labute approximate surface area is 178 Å². The summed E-state index contributed by atoms with van der Waals surface area (Å²) in [4.78, 5) is 3.72. The average Bonchev–Trinajstić information content (AvgIpc) is 3.18. The molecule has 0 amide bonds. The van der Waals surface area contributed by atoms with Crippen LogP contribution in [0.5, 0.6) is 0 Å². The van der Waals surface area contributed by atoms with Crippen molar-refractivity contribution in [1.82, 2.24) is 10.3 Å². The predicted molar refractivity (Wildman–Crippen MR) is 99.2 cm³/mol. The Bertz CT molecular complexity index is 1120. The smallest absolute Gasteiger partial charge is 0.312 e. The van der Waals surface area contributed by atoms with Gasteiger partial charge in [0, 0.05) is 24.0 Å². The molecule has 1 aromatic carbocycles. The number of alkyl halides is 7. The van der Waals surface area contributed by atoms with Gasteiger partial charge in [0.15, 0.2) is 9.84 Å². The van der Waals surface area contributed by atoms with E-state index in [1.165, 1.54) is 24.5 Å². The van der Waals surface area contributed by atoms with Gasteiger partial charge in [-0.3, -0.25) is 4.98 Å². The highest BCUT2D eigenvalue weighted by atomic mass is 32.2. The van der Waals surface area contributed by atoms with Crippen LogP contribution in [0.3, 0.4) is 0 Å². The first-order valence-electron chi connectivity index (χ1n) is 9.61. The third-order valence-corrected chi connectivity index (χ3v) is 8.89. The maximum atomic E-state index is 14.6. The van der Waals surface area contributed by atoms with Gasteiger partial charge in [-0.1, -0.05) is 18.2 Å². The Kier molecular flexibility index (Phi) is 5.13. The maximum Gasteiger partial charge on any atom is 0.435 e. The zero-order chi connectivity index (χ0) is 23.6. The Balaban J connectivity index is 1.93. The van der Waals surface area contributed by atoms with Gasteiger partial charge in [-0.25, -0.2) is 12.8 Å². The van der Waals surface area contributed by atoms with Crippen molar-refractivity contribution in [2.24, 2.45) is 0 Å². The number of aryl methyl sites for hydroxylation is 1. The number of fused-ring (bicyclic) bond motifs is 3. The minimum atomic E-state index is -6.24. The van der Waals surface area contributed by atoms with E-state index in [0.717, 1.165) is 6.07 Å². The summed E-state index contributed by atoms with van der Waals surface area (Å²) in [5.41, 5.74) is -7.14. The number of hydrogen-bond acceptors (Lipinski definition) is 4. The van der Waals surface area contributed by atoms with Crippen LogP contribution in [0.2, 0.25) is 0 Å². The van der Waals surface area contributed by atoms with E-state index in [4.69, 9.17) is 0 Å². The molecule has 12 heteroatoms. The van der Waals surface area contributed by atoms with E-state index in [1.807, 2.05) is 0 Å². The molecule has 1 N–H and O–H groups in total. The quantitative estimate of drug-likeness (QED) is 0.662. The molecule has 0 radical (unpaired) electrons. The monoisotopic (exact) mass is 482 g/mol. The molecule has 2 heterocycles. The summed E-state index contributed by atoms with van der Waals surface area (Å²) in [6.07, 6.45) is -9.72. The maximum absolute atomic E-state index is 14.6. The van der Waals surface area contributed by atoms with Crippen LogP contribution in [0.4, 0.5) is 30.7 Å². The van der Waals surface area contributed by atoms with E-state index >= 15 is 0 Å². The zero-order valence-corrected chi connectivity index (χ0v) is 17.1. The first kappa shape index (κ1) is 23.0. The molecule has 1 aliphatic carbocycles. The molecule has 0 saturated carbocycles. The van der Waals surface area contributed by atoms with Gasteiger partial charge in [0.1, 0.15) is 4.75 Å². The molecular weight excluding hydrogens is 465 g/mol. The molecule has 174 valence electrons. The second-order valence-electron chi connectivity index (χ2n) is 7.90. The van der Waals surface area contributed by atoms with Crippen molar-refractivity contribution in [3.63, 3.8) is 0 Å². The van der Waals surface area contributed by atoms with Crippen LogP contribution in [0, 0.1) is 0 Å². The minimum absolute atomic E-state index is 0.000248. The molecule has 0 bridgehead atoms.